The summed E-state index contributed by atoms with van der Waals surface area (Å²) in [5, 5.41) is 0. The second-order valence-electron chi connectivity index (χ2n) is 4.58. The maximum absolute atomic E-state index is 11.8. The Kier molecular flexibility index (Phi) is 2.45. The van der Waals surface area contributed by atoms with Crippen molar-refractivity contribution in [1.82, 2.24) is 0 Å². The highest BCUT2D eigenvalue weighted by molar-refractivity contribution is 6.20. The highest BCUT2D eigenvalue weighted by atomic mass is 16.1. The molecule has 0 aromatic heterocycles. The molecule has 1 heterocycles. The summed E-state index contributed by atoms with van der Waals surface area (Å²) in [7, 11) is 4.24. The Bertz CT molecular complexity index is 404. The third kappa shape index (κ3) is 2.16. The normalized spacial score (nSPS) is 19.9. The van der Waals surface area contributed by atoms with E-state index in [-0.39, 0.29) is 5.78 Å². The van der Waals surface area contributed by atoms with E-state index in [0.717, 1.165) is 22.2 Å². The lowest BCUT2D eigenvalue weighted by Gasteiger charge is -2.29. The number of hydrogen-bond acceptors (Lipinski definition) is 1. The molecule has 2 nitrogen and oxygen atoms in total. The molecule has 0 radical (unpaired) electrons. The van der Waals surface area contributed by atoms with Crippen LogP contribution in [0.15, 0.2) is 36.5 Å². The van der Waals surface area contributed by atoms with Crippen LogP contribution in [0.25, 0.3) is 5.57 Å². The average molecular weight is 202 g/mol. The van der Waals surface area contributed by atoms with Gasteiger partial charge in [-0.1, -0.05) is 30.3 Å². The van der Waals surface area contributed by atoms with Crippen LogP contribution in [0, 0.1) is 0 Å². The van der Waals surface area contributed by atoms with E-state index in [0.29, 0.717) is 6.42 Å². The van der Waals surface area contributed by atoms with Crippen molar-refractivity contribution in [3.05, 3.63) is 42.1 Å². The van der Waals surface area contributed by atoms with Gasteiger partial charge < -0.3 is 4.48 Å². The summed E-state index contributed by atoms with van der Waals surface area (Å²) in [6, 6.07) is 9.90. The second kappa shape index (κ2) is 3.63. The lowest BCUT2D eigenvalue weighted by atomic mass is 9.97. The summed E-state index contributed by atoms with van der Waals surface area (Å²) in [4.78, 5) is 11.8. The Morgan fingerprint density at radius 2 is 1.80 bits per heavy atom. The van der Waals surface area contributed by atoms with Crippen LogP contribution in [0.4, 0.5) is 0 Å². The lowest BCUT2D eigenvalue weighted by molar-refractivity contribution is -0.838. The monoisotopic (exact) mass is 202 g/mol. The third-order valence-electron chi connectivity index (χ3n) is 2.78. The maximum atomic E-state index is 11.8. The molecule has 0 saturated carbocycles. The number of ketones is 1. The topological polar surface area (TPSA) is 17.1 Å². The summed E-state index contributed by atoms with van der Waals surface area (Å²) in [5.74, 6) is 0.263. The van der Waals surface area contributed by atoms with Crippen molar-refractivity contribution in [1.29, 1.82) is 0 Å². The molecule has 1 aromatic carbocycles. The van der Waals surface area contributed by atoms with Gasteiger partial charge in [-0.15, -0.1) is 0 Å². The number of nitrogens with zero attached hydrogens (tertiary/aromatic N) is 1. The van der Waals surface area contributed by atoms with Gasteiger partial charge in [0.2, 0.25) is 0 Å². The summed E-state index contributed by atoms with van der Waals surface area (Å²) in [5.41, 5.74) is 1.90. The van der Waals surface area contributed by atoms with Crippen molar-refractivity contribution in [2.45, 2.75) is 6.42 Å². The molecule has 0 aliphatic carbocycles. The van der Waals surface area contributed by atoms with Gasteiger partial charge in [0.1, 0.15) is 6.20 Å². The molecule has 0 saturated heterocycles. The molecule has 0 N–H and O–H groups in total. The number of Topliss-reactive ketones (excluding diaryl/α,β-unsaturated/α-hetero) is 1. The van der Waals surface area contributed by atoms with Crippen LogP contribution in [-0.4, -0.2) is 30.9 Å². The van der Waals surface area contributed by atoms with Gasteiger partial charge in [0.25, 0.3) is 0 Å². The fraction of sp³-hybridized carbons (Fsp3) is 0.308. The summed E-state index contributed by atoms with van der Waals surface area (Å²) >= 11 is 0. The van der Waals surface area contributed by atoms with Gasteiger partial charge >= 0.3 is 0 Å². The van der Waals surface area contributed by atoms with Crippen molar-refractivity contribution in [2.24, 2.45) is 0 Å². The van der Waals surface area contributed by atoms with E-state index in [9.17, 15) is 4.79 Å². The molecule has 2 rings (SSSR count). The average Bonchev–Trinajstić information content (AvgIpc) is 2.23. The van der Waals surface area contributed by atoms with E-state index in [2.05, 4.69) is 20.3 Å². The quantitative estimate of drug-likeness (QED) is 0.637. The molecule has 0 amide bonds. The van der Waals surface area contributed by atoms with Gasteiger partial charge in [-0.3, -0.25) is 4.79 Å². The Morgan fingerprint density at radius 3 is 2.47 bits per heavy atom. The van der Waals surface area contributed by atoms with Crippen LogP contribution in [0.5, 0.6) is 0 Å². The van der Waals surface area contributed by atoms with Gasteiger partial charge in [-0.05, 0) is 5.56 Å². The van der Waals surface area contributed by atoms with Crippen molar-refractivity contribution in [3.63, 3.8) is 0 Å². The van der Waals surface area contributed by atoms with E-state index in [4.69, 9.17) is 0 Å². The predicted molar refractivity (Wildman–Crippen MR) is 61.0 cm³/mol. The highest BCUT2D eigenvalue weighted by Crippen LogP contribution is 2.23. The van der Waals surface area contributed by atoms with Crippen LogP contribution >= 0.6 is 0 Å². The zero-order chi connectivity index (χ0) is 10.9. The molecule has 0 bridgehead atoms. The molecule has 15 heavy (non-hydrogen) atoms. The number of quaternary nitrogens is 1. The molecule has 1 aliphatic heterocycles. The number of carbonyl (C=O) groups is 1. The smallest absolute Gasteiger partial charge is 0.174 e. The van der Waals surface area contributed by atoms with E-state index in [1.54, 1.807) is 0 Å². The maximum Gasteiger partial charge on any atom is 0.174 e. The zero-order valence-corrected chi connectivity index (χ0v) is 9.23. The minimum atomic E-state index is 0.263. The largest absolute Gasteiger partial charge is 0.301 e. The van der Waals surface area contributed by atoms with Crippen LogP contribution in [0.2, 0.25) is 0 Å². The molecule has 0 atom stereocenters. The van der Waals surface area contributed by atoms with Crippen molar-refractivity contribution in [2.75, 3.05) is 20.6 Å². The molecule has 78 valence electrons. The number of benzene rings is 1. The molecule has 0 spiro atoms. The molecule has 2 heteroatoms. The minimum absolute atomic E-state index is 0.263. The Labute approximate surface area is 90.4 Å². The van der Waals surface area contributed by atoms with Gasteiger partial charge in [0, 0.05) is 0 Å². The first-order valence-corrected chi connectivity index (χ1v) is 5.23. The fourth-order valence-electron chi connectivity index (χ4n) is 1.86. The standard InChI is InChI=1S/C13H16NO/c1-14(2)9-8-13(15)12(10-14)11-6-4-3-5-7-11/h3-7,10H,8-9H2,1-2H3/q+1. The Morgan fingerprint density at radius 1 is 1.13 bits per heavy atom. The van der Waals surface area contributed by atoms with Crippen molar-refractivity contribution >= 4 is 11.4 Å². The summed E-state index contributed by atoms with van der Waals surface area (Å²) < 4.78 is 0.788. The summed E-state index contributed by atoms with van der Waals surface area (Å²) in [6.07, 6.45) is 2.70. The van der Waals surface area contributed by atoms with Crippen LogP contribution < -0.4 is 0 Å². The number of hydrogen-bond donors (Lipinski definition) is 0. The SMILES string of the molecule is C[N+]1(C)C=C(c2ccccc2)C(=O)CC1. The lowest BCUT2D eigenvalue weighted by Crippen LogP contribution is -2.39. The number of rotatable bonds is 1. The van der Waals surface area contributed by atoms with E-state index in [1.807, 2.05) is 30.3 Å². The minimum Gasteiger partial charge on any atom is -0.301 e. The van der Waals surface area contributed by atoms with Gasteiger partial charge in [0.15, 0.2) is 5.78 Å². The Hall–Kier alpha value is -1.41. The summed E-state index contributed by atoms with van der Waals surface area (Å²) in [6.45, 7) is 0.898. The number of carbonyl (C=O) groups excluding carboxylic acids is 1. The van der Waals surface area contributed by atoms with Crippen LogP contribution in [-0.2, 0) is 4.79 Å². The van der Waals surface area contributed by atoms with Crippen LogP contribution in [0.3, 0.4) is 0 Å². The van der Waals surface area contributed by atoms with Crippen molar-refractivity contribution in [3.8, 4) is 0 Å². The molecule has 1 aromatic rings. The highest BCUT2D eigenvalue weighted by Gasteiger charge is 2.26. The first-order chi connectivity index (χ1) is 7.08. The molecule has 1 aliphatic rings. The van der Waals surface area contributed by atoms with E-state index >= 15 is 0 Å². The van der Waals surface area contributed by atoms with E-state index in [1.165, 1.54) is 0 Å². The first kappa shape index (κ1) is 10.1. The second-order valence-corrected chi connectivity index (χ2v) is 4.58. The van der Waals surface area contributed by atoms with Gasteiger partial charge in [-0.25, -0.2) is 0 Å². The van der Waals surface area contributed by atoms with Crippen molar-refractivity contribution < 1.29 is 9.28 Å². The molecular formula is C13H16NO+. The molecule has 0 fully saturated rings. The van der Waals surface area contributed by atoms with Gasteiger partial charge in [-0.2, -0.15) is 0 Å². The predicted octanol–water partition coefficient (Wildman–Crippen LogP) is 2.08. The molecule has 0 unspecified atom stereocenters. The Balaban J connectivity index is 2.43. The van der Waals surface area contributed by atoms with E-state index < -0.39 is 0 Å². The zero-order valence-electron chi connectivity index (χ0n) is 9.23. The fourth-order valence-corrected chi connectivity index (χ4v) is 1.86. The third-order valence-corrected chi connectivity index (χ3v) is 2.78. The number of allylic oxidation sites excluding steroid dienone is 1. The first-order valence-electron chi connectivity index (χ1n) is 5.23. The van der Waals surface area contributed by atoms with Gasteiger partial charge in [0.05, 0.1) is 32.6 Å². The molecular weight excluding hydrogens is 186 g/mol. The van der Waals surface area contributed by atoms with Crippen LogP contribution in [0.1, 0.15) is 12.0 Å².